The molecule has 1 unspecified atom stereocenters. The summed E-state index contributed by atoms with van der Waals surface area (Å²) in [4.78, 5) is 0. The molecule has 0 saturated carbocycles. The summed E-state index contributed by atoms with van der Waals surface area (Å²) >= 11 is 0. The number of nitrogens with zero attached hydrogens (tertiary/aromatic N) is 2. The molecular weight excluding hydrogens is 208 g/mol. The van der Waals surface area contributed by atoms with E-state index in [9.17, 15) is 4.21 Å². The van der Waals surface area contributed by atoms with Gasteiger partial charge in [-0.1, -0.05) is 6.07 Å². The van der Waals surface area contributed by atoms with Gasteiger partial charge in [0.05, 0.1) is 17.3 Å². The van der Waals surface area contributed by atoms with Crippen LogP contribution in [0.3, 0.4) is 0 Å². The van der Waals surface area contributed by atoms with Gasteiger partial charge in [0.1, 0.15) is 11.0 Å². The zero-order valence-electron chi connectivity index (χ0n) is 9.15. The van der Waals surface area contributed by atoms with E-state index >= 15 is 0 Å². The fourth-order valence-corrected chi connectivity index (χ4v) is 2.28. The van der Waals surface area contributed by atoms with Gasteiger partial charge in [-0.25, -0.2) is 4.21 Å². The molecule has 1 atom stereocenters. The number of benzene rings is 1. The van der Waals surface area contributed by atoms with Gasteiger partial charge in [0.2, 0.25) is 0 Å². The molecule has 0 aliphatic rings. The third kappa shape index (κ3) is 2.57. The average Bonchev–Trinajstić information content (AvgIpc) is 2.21. The van der Waals surface area contributed by atoms with Gasteiger partial charge in [-0.05, 0) is 31.5 Å². The normalized spacial score (nSPS) is 11.9. The van der Waals surface area contributed by atoms with E-state index in [0.29, 0.717) is 12.1 Å². The second-order valence-corrected chi connectivity index (χ2v) is 4.52. The Morgan fingerprint density at radius 1 is 1.53 bits per heavy atom. The topological polar surface area (TPSA) is 44.1 Å². The average molecular weight is 222 g/mol. The van der Waals surface area contributed by atoms with Gasteiger partial charge in [0, 0.05) is 12.8 Å². The van der Waals surface area contributed by atoms with E-state index in [0.717, 1.165) is 11.3 Å². The highest BCUT2D eigenvalue weighted by molar-refractivity contribution is 7.85. The van der Waals surface area contributed by atoms with E-state index in [1.54, 1.807) is 22.7 Å². The number of rotatable bonds is 3. The Labute approximate surface area is 92.9 Å². The van der Waals surface area contributed by atoms with Gasteiger partial charge in [-0.15, -0.1) is 0 Å². The lowest BCUT2D eigenvalue weighted by Gasteiger charge is -2.21. The Balaban J connectivity index is 3.22. The molecule has 1 aromatic rings. The molecule has 0 spiro atoms. The van der Waals surface area contributed by atoms with Crippen LogP contribution >= 0.6 is 0 Å². The summed E-state index contributed by atoms with van der Waals surface area (Å²) in [6.45, 7) is 4.56. The Hall–Kier alpha value is -1.34. The molecule has 80 valence electrons. The van der Waals surface area contributed by atoms with Crippen LogP contribution in [0.4, 0.5) is 5.69 Å². The van der Waals surface area contributed by atoms with Crippen LogP contribution in [0.5, 0.6) is 0 Å². The second kappa shape index (κ2) is 4.94. The predicted molar refractivity (Wildman–Crippen MR) is 63.0 cm³/mol. The van der Waals surface area contributed by atoms with Crippen LogP contribution in [0.25, 0.3) is 0 Å². The molecule has 0 aliphatic carbocycles. The van der Waals surface area contributed by atoms with E-state index in [1.165, 1.54) is 0 Å². The molecule has 0 bridgehead atoms. The van der Waals surface area contributed by atoms with Crippen molar-refractivity contribution in [2.24, 2.45) is 0 Å². The van der Waals surface area contributed by atoms with Crippen molar-refractivity contribution < 1.29 is 4.21 Å². The van der Waals surface area contributed by atoms with Crippen LogP contribution in [-0.4, -0.2) is 17.0 Å². The zero-order valence-corrected chi connectivity index (χ0v) is 9.97. The molecule has 4 heteroatoms. The van der Waals surface area contributed by atoms with Crippen LogP contribution in [0, 0.1) is 18.3 Å². The molecule has 15 heavy (non-hydrogen) atoms. The Bertz CT molecular complexity index is 423. The summed E-state index contributed by atoms with van der Waals surface area (Å²) in [6.07, 6.45) is 1.64. The van der Waals surface area contributed by atoms with E-state index in [4.69, 9.17) is 5.26 Å². The monoisotopic (exact) mass is 222 g/mol. The smallest absolute Gasteiger partial charge is 0.116 e. The summed E-state index contributed by atoms with van der Waals surface area (Å²) < 4.78 is 13.3. The SMILES string of the molecule is CCN(c1cc(C#N)ccc1C)S(C)=O. The predicted octanol–water partition coefficient (Wildman–Crippen LogP) is 1.99. The summed E-state index contributed by atoms with van der Waals surface area (Å²) in [5, 5.41) is 8.80. The first kappa shape index (κ1) is 11.7. The number of hydrogen-bond donors (Lipinski definition) is 0. The van der Waals surface area contributed by atoms with Gasteiger partial charge in [0.15, 0.2) is 0 Å². The molecule has 0 aliphatic heterocycles. The summed E-state index contributed by atoms with van der Waals surface area (Å²) in [6, 6.07) is 7.51. The minimum absolute atomic E-state index is 0.597. The second-order valence-electron chi connectivity index (χ2n) is 3.23. The van der Waals surface area contributed by atoms with E-state index in [1.807, 2.05) is 19.9 Å². The highest BCUT2D eigenvalue weighted by Crippen LogP contribution is 2.22. The maximum atomic E-state index is 11.5. The van der Waals surface area contributed by atoms with Crippen molar-refractivity contribution in [3.63, 3.8) is 0 Å². The van der Waals surface area contributed by atoms with Crippen LogP contribution in [-0.2, 0) is 11.0 Å². The number of anilines is 1. The molecule has 0 heterocycles. The maximum Gasteiger partial charge on any atom is 0.116 e. The molecular formula is C11H14N2OS. The fourth-order valence-electron chi connectivity index (χ4n) is 1.44. The van der Waals surface area contributed by atoms with Crippen molar-refractivity contribution in [3.8, 4) is 6.07 Å². The van der Waals surface area contributed by atoms with Crippen molar-refractivity contribution in [3.05, 3.63) is 29.3 Å². The van der Waals surface area contributed by atoms with Crippen LogP contribution in [0.15, 0.2) is 18.2 Å². The maximum absolute atomic E-state index is 11.5. The van der Waals surface area contributed by atoms with E-state index in [-0.39, 0.29) is 0 Å². The van der Waals surface area contributed by atoms with Gasteiger partial charge in [-0.2, -0.15) is 5.26 Å². The van der Waals surface area contributed by atoms with Gasteiger partial charge < -0.3 is 0 Å². The third-order valence-corrected chi connectivity index (χ3v) is 3.28. The van der Waals surface area contributed by atoms with Gasteiger partial charge in [0.25, 0.3) is 0 Å². The molecule has 0 amide bonds. The molecule has 3 nitrogen and oxygen atoms in total. The summed E-state index contributed by atoms with van der Waals surface area (Å²) in [7, 11) is -1.05. The van der Waals surface area contributed by atoms with Crippen molar-refractivity contribution in [2.75, 3.05) is 17.1 Å². The Morgan fingerprint density at radius 3 is 2.67 bits per heavy atom. The van der Waals surface area contributed by atoms with E-state index < -0.39 is 11.0 Å². The lowest BCUT2D eigenvalue weighted by atomic mass is 10.1. The van der Waals surface area contributed by atoms with Crippen molar-refractivity contribution in [1.29, 1.82) is 5.26 Å². The van der Waals surface area contributed by atoms with Crippen molar-refractivity contribution in [1.82, 2.24) is 0 Å². The zero-order chi connectivity index (χ0) is 11.4. The first-order valence-electron chi connectivity index (χ1n) is 4.72. The summed E-state index contributed by atoms with van der Waals surface area (Å²) in [5.74, 6) is 0. The Kier molecular flexibility index (Phi) is 3.87. The minimum atomic E-state index is -1.05. The lowest BCUT2D eigenvalue weighted by molar-refractivity contribution is 0.683. The van der Waals surface area contributed by atoms with Gasteiger partial charge >= 0.3 is 0 Å². The summed E-state index contributed by atoms with van der Waals surface area (Å²) in [5.41, 5.74) is 2.50. The first-order chi connectivity index (χ1) is 7.10. The molecule has 0 fully saturated rings. The standard InChI is InChI=1S/C11H14N2OS/c1-4-13(15(3)14)11-7-10(8-12)6-5-9(11)2/h5-7H,4H2,1-3H3. The molecule has 0 aromatic heterocycles. The van der Waals surface area contributed by atoms with Crippen molar-refractivity contribution in [2.45, 2.75) is 13.8 Å². The number of hydrogen-bond acceptors (Lipinski definition) is 2. The van der Waals surface area contributed by atoms with Crippen LogP contribution in [0.1, 0.15) is 18.1 Å². The van der Waals surface area contributed by atoms with E-state index in [2.05, 4.69) is 6.07 Å². The molecule has 0 N–H and O–H groups in total. The van der Waals surface area contributed by atoms with Crippen LogP contribution in [0.2, 0.25) is 0 Å². The molecule has 1 aromatic carbocycles. The molecule has 0 saturated heterocycles. The Morgan fingerprint density at radius 2 is 2.20 bits per heavy atom. The number of nitriles is 1. The van der Waals surface area contributed by atoms with Crippen molar-refractivity contribution >= 4 is 16.7 Å². The largest absolute Gasteiger partial charge is 0.292 e. The lowest BCUT2D eigenvalue weighted by Crippen LogP contribution is -2.25. The quantitative estimate of drug-likeness (QED) is 0.785. The third-order valence-electron chi connectivity index (χ3n) is 2.20. The fraction of sp³-hybridized carbons (Fsp3) is 0.364. The minimum Gasteiger partial charge on any atom is -0.292 e. The molecule has 0 radical (unpaired) electrons. The molecule has 1 rings (SSSR count). The number of aryl methyl sites for hydroxylation is 1. The van der Waals surface area contributed by atoms with Crippen LogP contribution < -0.4 is 4.31 Å². The highest BCUT2D eigenvalue weighted by atomic mass is 32.2. The highest BCUT2D eigenvalue weighted by Gasteiger charge is 2.11. The van der Waals surface area contributed by atoms with Gasteiger partial charge in [-0.3, -0.25) is 4.31 Å². The first-order valence-corrected chi connectivity index (χ1v) is 6.23.